The molecule has 1 aromatic rings. The van der Waals surface area contributed by atoms with E-state index in [1.54, 1.807) is 0 Å². The predicted molar refractivity (Wildman–Crippen MR) is 41.5 cm³/mol. The van der Waals surface area contributed by atoms with Gasteiger partial charge in [-0.25, -0.2) is 0 Å². The molecule has 0 fully saturated rings. The summed E-state index contributed by atoms with van der Waals surface area (Å²) in [5, 5.41) is 19.4. The highest BCUT2D eigenvalue weighted by Gasteiger charge is 1.94. The van der Waals surface area contributed by atoms with Crippen LogP contribution in [0.1, 0.15) is 5.56 Å². The van der Waals surface area contributed by atoms with Crippen molar-refractivity contribution in [1.82, 2.24) is 5.32 Å². The van der Waals surface area contributed by atoms with E-state index in [1.165, 1.54) is 0 Å². The maximum Gasteiger partial charge on any atom is 0.211 e. The first-order valence-electron chi connectivity index (χ1n) is 3.42. The fraction of sp³-hybridized carbons (Fsp3) is 0.250. The third-order valence-electron chi connectivity index (χ3n) is 1.33. The van der Waals surface area contributed by atoms with Crippen LogP contribution in [0.3, 0.4) is 0 Å². The van der Waals surface area contributed by atoms with Crippen molar-refractivity contribution in [2.45, 2.75) is 13.0 Å². The van der Waals surface area contributed by atoms with Crippen molar-refractivity contribution in [2.24, 2.45) is 0 Å². The molecule has 1 rings (SSSR count). The van der Waals surface area contributed by atoms with Crippen molar-refractivity contribution in [3.05, 3.63) is 35.9 Å². The minimum Gasteiger partial charge on any atom is -0.356 e. The second-order valence-electron chi connectivity index (χ2n) is 2.24. The Hall–Kier alpha value is -0.900. The number of aliphatic hydroxyl groups is 2. The largest absolute Gasteiger partial charge is 0.356 e. The molecular formula is C8H11NO2. The zero-order valence-corrected chi connectivity index (χ0v) is 6.07. The summed E-state index contributed by atoms with van der Waals surface area (Å²) in [7, 11) is 0. The van der Waals surface area contributed by atoms with E-state index in [1.807, 2.05) is 30.3 Å². The quantitative estimate of drug-likeness (QED) is 0.537. The third kappa shape index (κ3) is 3.13. The molecule has 0 amide bonds. The van der Waals surface area contributed by atoms with Crippen LogP contribution in [0.15, 0.2) is 30.3 Å². The van der Waals surface area contributed by atoms with Gasteiger partial charge in [-0.2, -0.15) is 0 Å². The highest BCUT2D eigenvalue weighted by Crippen LogP contribution is 1.96. The van der Waals surface area contributed by atoms with E-state index >= 15 is 0 Å². The zero-order chi connectivity index (χ0) is 8.10. The maximum atomic E-state index is 8.46. The average molecular weight is 153 g/mol. The molecule has 0 aliphatic rings. The number of nitrogens with one attached hydrogen (secondary N) is 1. The van der Waals surface area contributed by atoms with E-state index < -0.39 is 6.41 Å². The van der Waals surface area contributed by atoms with Crippen LogP contribution in [0.4, 0.5) is 0 Å². The predicted octanol–water partition coefficient (Wildman–Crippen LogP) is 0.0444. The summed E-state index contributed by atoms with van der Waals surface area (Å²) in [6.07, 6.45) is -1.43. The Bertz CT molecular complexity index is 199. The molecule has 0 aromatic heterocycles. The van der Waals surface area contributed by atoms with E-state index in [2.05, 4.69) is 5.32 Å². The van der Waals surface area contributed by atoms with Crippen LogP contribution in [0.25, 0.3) is 0 Å². The Morgan fingerprint density at radius 3 is 2.36 bits per heavy atom. The summed E-state index contributed by atoms with van der Waals surface area (Å²) in [4.78, 5) is 0. The molecular weight excluding hydrogens is 142 g/mol. The van der Waals surface area contributed by atoms with Crippen LogP contribution in [0.5, 0.6) is 0 Å². The molecule has 60 valence electrons. The molecule has 0 unspecified atom stereocenters. The number of hydrogen-bond acceptors (Lipinski definition) is 3. The van der Waals surface area contributed by atoms with Crippen LogP contribution in [0.2, 0.25) is 0 Å². The van der Waals surface area contributed by atoms with Crippen molar-refractivity contribution in [1.29, 1.82) is 0 Å². The molecule has 0 radical (unpaired) electrons. The van der Waals surface area contributed by atoms with Gasteiger partial charge in [-0.05, 0) is 5.56 Å². The van der Waals surface area contributed by atoms with Gasteiger partial charge in [0.25, 0.3) is 0 Å². The third-order valence-corrected chi connectivity index (χ3v) is 1.33. The first-order chi connectivity index (χ1) is 5.29. The molecule has 0 atom stereocenters. The van der Waals surface area contributed by atoms with Gasteiger partial charge < -0.3 is 10.2 Å². The van der Waals surface area contributed by atoms with Crippen LogP contribution in [-0.4, -0.2) is 16.6 Å². The maximum absolute atomic E-state index is 8.46. The smallest absolute Gasteiger partial charge is 0.211 e. The monoisotopic (exact) mass is 153 g/mol. The molecule has 0 saturated heterocycles. The summed E-state index contributed by atoms with van der Waals surface area (Å²) in [5.41, 5.74) is 1.03. The Kier molecular flexibility index (Phi) is 3.04. The van der Waals surface area contributed by atoms with Gasteiger partial charge in [0, 0.05) is 6.54 Å². The Morgan fingerprint density at radius 2 is 1.82 bits per heavy atom. The minimum absolute atomic E-state index is 0.471. The summed E-state index contributed by atoms with van der Waals surface area (Å²) in [6.45, 7) is 0.471. The van der Waals surface area contributed by atoms with E-state index in [4.69, 9.17) is 10.2 Å². The Balaban J connectivity index is 2.39. The second-order valence-corrected chi connectivity index (χ2v) is 2.24. The van der Waals surface area contributed by atoms with Gasteiger partial charge in [-0.1, -0.05) is 30.3 Å². The van der Waals surface area contributed by atoms with Crippen LogP contribution in [-0.2, 0) is 6.54 Å². The zero-order valence-electron chi connectivity index (χ0n) is 6.07. The van der Waals surface area contributed by atoms with Gasteiger partial charge in [-0.15, -0.1) is 0 Å². The fourth-order valence-electron chi connectivity index (χ4n) is 0.805. The van der Waals surface area contributed by atoms with Crippen molar-refractivity contribution < 1.29 is 10.2 Å². The Labute approximate surface area is 65.3 Å². The highest BCUT2D eigenvalue weighted by molar-refractivity contribution is 5.14. The van der Waals surface area contributed by atoms with Crippen molar-refractivity contribution in [2.75, 3.05) is 0 Å². The molecule has 11 heavy (non-hydrogen) atoms. The molecule has 0 heterocycles. The number of aliphatic hydroxyl groups excluding tert-OH is 1. The van der Waals surface area contributed by atoms with Gasteiger partial charge in [-0.3, -0.25) is 5.32 Å². The van der Waals surface area contributed by atoms with Crippen LogP contribution >= 0.6 is 0 Å². The lowest BCUT2D eigenvalue weighted by Crippen LogP contribution is -2.27. The van der Waals surface area contributed by atoms with Crippen LogP contribution in [0, 0.1) is 0 Å². The van der Waals surface area contributed by atoms with E-state index in [9.17, 15) is 0 Å². The molecule has 0 aliphatic carbocycles. The Morgan fingerprint density at radius 1 is 1.18 bits per heavy atom. The summed E-state index contributed by atoms with van der Waals surface area (Å²) >= 11 is 0. The molecule has 3 N–H and O–H groups in total. The molecule has 1 aromatic carbocycles. The summed E-state index contributed by atoms with van der Waals surface area (Å²) < 4.78 is 0. The number of benzene rings is 1. The average Bonchev–Trinajstić information content (AvgIpc) is 2.03. The van der Waals surface area contributed by atoms with Gasteiger partial charge in [0.1, 0.15) is 0 Å². The summed E-state index contributed by atoms with van der Waals surface area (Å²) in [5.74, 6) is 0. The van der Waals surface area contributed by atoms with Gasteiger partial charge >= 0.3 is 0 Å². The molecule has 3 nitrogen and oxygen atoms in total. The van der Waals surface area contributed by atoms with Crippen molar-refractivity contribution in [3.63, 3.8) is 0 Å². The van der Waals surface area contributed by atoms with Gasteiger partial charge in [0.15, 0.2) is 0 Å². The van der Waals surface area contributed by atoms with Gasteiger partial charge in [0.05, 0.1) is 0 Å². The van der Waals surface area contributed by atoms with E-state index in [0.29, 0.717) is 6.54 Å². The molecule has 0 bridgehead atoms. The van der Waals surface area contributed by atoms with Crippen molar-refractivity contribution in [3.8, 4) is 0 Å². The lowest BCUT2D eigenvalue weighted by Gasteiger charge is -2.05. The fourth-order valence-corrected chi connectivity index (χ4v) is 0.805. The molecule has 3 heteroatoms. The molecule has 0 spiro atoms. The molecule has 0 aliphatic heterocycles. The number of hydrogen-bond donors (Lipinski definition) is 3. The highest BCUT2D eigenvalue weighted by atomic mass is 16.5. The lowest BCUT2D eigenvalue weighted by atomic mass is 10.2. The first-order valence-corrected chi connectivity index (χ1v) is 3.42. The SMILES string of the molecule is OC(O)NCc1ccccc1. The normalized spacial score (nSPS) is 10.5. The van der Waals surface area contributed by atoms with Crippen LogP contribution < -0.4 is 5.32 Å². The minimum atomic E-state index is -1.43. The molecule has 0 saturated carbocycles. The van der Waals surface area contributed by atoms with E-state index in [0.717, 1.165) is 5.56 Å². The first kappa shape index (κ1) is 8.20. The summed E-state index contributed by atoms with van der Waals surface area (Å²) in [6, 6.07) is 9.55. The lowest BCUT2D eigenvalue weighted by molar-refractivity contribution is -0.0671. The second kappa shape index (κ2) is 4.08. The van der Waals surface area contributed by atoms with Crippen molar-refractivity contribution >= 4 is 0 Å². The van der Waals surface area contributed by atoms with E-state index in [-0.39, 0.29) is 0 Å². The topological polar surface area (TPSA) is 52.5 Å². The number of rotatable bonds is 3. The standard InChI is InChI=1S/C8H11NO2/c10-8(11)9-6-7-4-2-1-3-5-7/h1-5,8-11H,6H2. The van der Waals surface area contributed by atoms with Gasteiger partial charge in [0.2, 0.25) is 6.41 Å².